The van der Waals surface area contributed by atoms with E-state index < -0.39 is 0 Å². The molecule has 0 bridgehead atoms. The maximum Gasteiger partial charge on any atom is 0.225 e. The van der Waals surface area contributed by atoms with Gasteiger partial charge in [-0.2, -0.15) is 0 Å². The molecule has 98 valence electrons. The molecule has 2 N–H and O–H groups in total. The van der Waals surface area contributed by atoms with Gasteiger partial charge < -0.3 is 20.1 Å². The van der Waals surface area contributed by atoms with Crippen molar-refractivity contribution in [2.45, 2.75) is 25.2 Å². The summed E-state index contributed by atoms with van der Waals surface area (Å²) >= 11 is 0. The molecule has 3 heterocycles. The van der Waals surface area contributed by atoms with Crippen LogP contribution in [0.25, 0.3) is 0 Å². The van der Waals surface area contributed by atoms with Crippen molar-refractivity contribution in [3.8, 4) is 0 Å². The molecular formula is C12H18N4O2. The molecule has 0 aromatic carbocycles. The van der Waals surface area contributed by atoms with E-state index in [0.29, 0.717) is 19.8 Å². The molecule has 1 spiro atoms. The molecule has 2 saturated heterocycles. The minimum Gasteiger partial charge on any atom is -0.347 e. The smallest absolute Gasteiger partial charge is 0.225 e. The van der Waals surface area contributed by atoms with Gasteiger partial charge in [0.25, 0.3) is 0 Å². The highest BCUT2D eigenvalue weighted by Gasteiger charge is 2.40. The topological polar surface area (TPSA) is 73.5 Å². The maximum atomic E-state index is 5.70. The second-order valence-corrected chi connectivity index (χ2v) is 4.65. The Morgan fingerprint density at radius 2 is 2.00 bits per heavy atom. The molecule has 3 rings (SSSR count). The molecule has 1 aromatic rings. The Morgan fingerprint density at radius 3 is 2.67 bits per heavy atom. The standard InChI is InChI=1S/C12H18N4O2/c13-9-10-1-4-14-11(15-10)16-5-2-12(3-6-16)17-7-8-18-12/h1,4H,2-3,5-9,13H2. The predicted octanol–water partition coefficient (Wildman–Crippen LogP) is 0.279. The van der Waals surface area contributed by atoms with Crippen molar-refractivity contribution < 1.29 is 9.47 Å². The van der Waals surface area contributed by atoms with E-state index >= 15 is 0 Å². The fourth-order valence-corrected chi connectivity index (χ4v) is 2.48. The third-order valence-electron chi connectivity index (χ3n) is 3.53. The van der Waals surface area contributed by atoms with Gasteiger partial charge in [0.1, 0.15) is 0 Å². The predicted molar refractivity (Wildman–Crippen MR) is 66.0 cm³/mol. The van der Waals surface area contributed by atoms with Gasteiger partial charge in [0.2, 0.25) is 5.95 Å². The van der Waals surface area contributed by atoms with E-state index in [2.05, 4.69) is 14.9 Å². The number of hydrogen-bond donors (Lipinski definition) is 1. The highest BCUT2D eigenvalue weighted by molar-refractivity contribution is 5.31. The number of rotatable bonds is 2. The van der Waals surface area contributed by atoms with Gasteiger partial charge in [-0.25, -0.2) is 9.97 Å². The second-order valence-electron chi connectivity index (χ2n) is 4.65. The summed E-state index contributed by atoms with van der Waals surface area (Å²) in [6.45, 7) is 3.57. The van der Waals surface area contributed by atoms with Crippen LogP contribution < -0.4 is 10.6 Å². The molecule has 0 amide bonds. The van der Waals surface area contributed by atoms with Crippen LogP contribution in [0.1, 0.15) is 18.5 Å². The minimum atomic E-state index is -0.345. The molecule has 0 atom stereocenters. The maximum absolute atomic E-state index is 5.70. The number of ether oxygens (including phenoxy) is 2. The van der Waals surface area contributed by atoms with E-state index in [1.807, 2.05) is 6.07 Å². The first kappa shape index (κ1) is 11.8. The number of piperidine rings is 1. The van der Waals surface area contributed by atoms with E-state index in [1.54, 1.807) is 6.20 Å². The molecule has 0 unspecified atom stereocenters. The number of hydrogen-bond acceptors (Lipinski definition) is 6. The average Bonchev–Trinajstić information content (AvgIpc) is 2.88. The Bertz CT molecular complexity index is 410. The van der Waals surface area contributed by atoms with Crippen molar-refractivity contribution in [2.24, 2.45) is 5.73 Å². The normalized spacial score (nSPS) is 22.6. The lowest BCUT2D eigenvalue weighted by molar-refractivity contribution is -0.169. The van der Waals surface area contributed by atoms with Gasteiger partial charge in [-0.05, 0) is 6.07 Å². The van der Waals surface area contributed by atoms with Crippen LogP contribution in [-0.4, -0.2) is 42.1 Å². The third-order valence-corrected chi connectivity index (χ3v) is 3.53. The summed E-state index contributed by atoms with van der Waals surface area (Å²) < 4.78 is 11.4. The van der Waals surface area contributed by atoms with E-state index in [1.165, 1.54) is 0 Å². The summed E-state index contributed by atoms with van der Waals surface area (Å²) in [5.74, 6) is 0.410. The highest BCUT2D eigenvalue weighted by Crippen LogP contribution is 2.32. The molecule has 2 aliphatic rings. The number of nitrogens with zero attached hydrogens (tertiary/aromatic N) is 3. The average molecular weight is 250 g/mol. The van der Waals surface area contributed by atoms with Crippen molar-refractivity contribution in [1.29, 1.82) is 0 Å². The molecule has 6 nitrogen and oxygen atoms in total. The Kier molecular flexibility index (Phi) is 3.15. The molecule has 0 radical (unpaired) electrons. The summed E-state index contributed by atoms with van der Waals surface area (Å²) in [7, 11) is 0. The van der Waals surface area contributed by atoms with Crippen LogP contribution in [0.4, 0.5) is 5.95 Å². The largest absolute Gasteiger partial charge is 0.347 e. The first-order chi connectivity index (χ1) is 8.81. The lowest BCUT2D eigenvalue weighted by atomic mass is 10.0. The minimum absolute atomic E-state index is 0.345. The van der Waals surface area contributed by atoms with Gasteiger partial charge in [0.05, 0.1) is 18.9 Å². The second kappa shape index (κ2) is 4.79. The van der Waals surface area contributed by atoms with Gasteiger partial charge in [0, 0.05) is 38.7 Å². The Hall–Kier alpha value is -1.24. The monoisotopic (exact) mass is 250 g/mol. The molecule has 0 saturated carbocycles. The summed E-state index contributed by atoms with van der Waals surface area (Å²) in [5, 5.41) is 0. The molecular weight excluding hydrogens is 232 g/mol. The van der Waals surface area contributed by atoms with E-state index in [0.717, 1.165) is 37.6 Å². The summed E-state index contributed by atoms with van der Waals surface area (Å²) in [6.07, 6.45) is 3.49. The Morgan fingerprint density at radius 1 is 1.28 bits per heavy atom. The van der Waals surface area contributed by atoms with Gasteiger partial charge in [-0.1, -0.05) is 0 Å². The summed E-state index contributed by atoms with van der Waals surface area (Å²) in [5.41, 5.74) is 6.46. The molecule has 2 aliphatic heterocycles. The SMILES string of the molecule is NCc1ccnc(N2CCC3(CC2)OCCO3)n1. The zero-order chi connectivity index (χ0) is 12.4. The zero-order valence-electron chi connectivity index (χ0n) is 10.3. The number of nitrogens with two attached hydrogens (primary N) is 1. The van der Waals surface area contributed by atoms with Crippen LogP contribution in [0.5, 0.6) is 0 Å². The first-order valence-corrected chi connectivity index (χ1v) is 6.36. The first-order valence-electron chi connectivity index (χ1n) is 6.36. The van der Waals surface area contributed by atoms with Gasteiger partial charge in [0.15, 0.2) is 5.79 Å². The van der Waals surface area contributed by atoms with Gasteiger partial charge >= 0.3 is 0 Å². The molecule has 0 aliphatic carbocycles. The van der Waals surface area contributed by atoms with Crippen LogP contribution in [0.15, 0.2) is 12.3 Å². The van der Waals surface area contributed by atoms with Crippen LogP contribution in [0.3, 0.4) is 0 Å². The van der Waals surface area contributed by atoms with Crippen molar-refractivity contribution in [3.63, 3.8) is 0 Å². The molecule has 1 aromatic heterocycles. The fourth-order valence-electron chi connectivity index (χ4n) is 2.48. The Balaban J connectivity index is 1.68. The van der Waals surface area contributed by atoms with Crippen molar-refractivity contribution >= 4 is 5.95 Å². The quantitative estimate of drug-likeness (QED) is 0.812. The van der Waals surface area contributed by atoms with E-state index in [4.69, 9.17) is 15.2 Å². The van der Waals surface area contributed by atoms with E-state index in [9.17, 15) is 0 Å². The highest BCUT2D eigenvalue weighted by atomic mass is 16.7. The van der Waals surface area contributed by atoms with Crippen LogP contribution in [-0.2, 0) is 16.0 Å². The van der Waals surface area contributed by atoms with Crippen LogP contribution in [0, 0.1) is 0 Å². The van der Waals surface area contributed by atoms with E-state index in [-0.39, 0.29) is 5.79 Å². The lowest BCUT2D eigenvalue weighted by Crippen LogP contribution is -2.45. The lowest BCUT2D eigenvalue weighted by Gasteiger charge is -2.37. The zero-order valence-corrected chi connectivity index (χ0v) is 10.3. The summed E-state index contributed by atoms with van der Waals surface area (Å²) in [4.78, 5) is 10.9. The number of aromatic nitrogens is 2. The third kappa shape index (κ3) is 2.19. The number of anilines is 1. The van der Waals surface area contributed by atoms with Crippen LogP contribution in [0.2, 0.25) is 0 Å². The molecule has 6 heteroatoms. The summed E-state index contributed by atoms with van der Waals surface area (Å²) in [6, 6.07) is 1.85. The molecule has 2 fully saturated rings. The van der Waals surface area contributed by atoms with Gasteiger partial charge in [-0.15, -0.1) is 0 Å². The van der Waals surface area contributed by atoms with Crippen molar-refractivity contribution in [1.82, 2.24) is 9.97 Å². The van der Waals surface area contributed by atoms with Gasteiger partial charge in [-0.3, -0.25) is 0 Å². The molecule has 18 heavy (non-hydrogen) atoms. The van der Waals surface area contributed by atoms with Crippen molar-refractivity contribution in [2.75, 3.05) is 31.2 Å². The fraction of sp³-hybridized carbons (Fsp3) is 0.667. The Labute approximate surface area is 106 Å². The van der Waals surface area contributed by atoms with Crippen LogP contribution >= 0.6 is 0 Å². The van der Waals surface area contributed by atoms with Crippen molar-refractivity contribution in [3.05, 3.63) is 18.0 Å².